The molecule has 0 spiro atoms. The second-order valence-electron chi connectivity index (χ2n) is 4.40. The Labute approximate surface area is 100 Å². The predicted molar refractivity (Wildman–Crippen MR) is 61.8 cm³/mol. The van der Waals surface area contributed by atoms with Gasteiger partial charge >= 0.3 is 5.97 Å². The van der Waals surface area contributed by atoms with E-state index in [-0.39, 0.29) is 6.61 Å². The van der Waals surface area contributed by atoms with E-state index in [9.17, 15) is 9.90 Å². The van der Waals surface area contributed by atoms with E-state index in [0.717, 1.165) is 5.56 Å². The van der Waals surface area contributed by atoms with Crippen LogP contribution in [0.5, 0.6) is 5.75 Å². The van der Waals surface area contributed by atoms with Gasteiger partial charge in [-0.05, 0) is 32.9 Å². The number of aryl methyl sites for hydroxylation is 1. The summed E-state index contributed by atoms with van der Waals surface area (Å²) in [7, 11) is 0. The number of benzene rings is 1. The van der Waals surface area contributed by atoms with Crippen LogP contribution in [0.2, 0.25) is 0 Å². The third-order valence-electron chi connectivity index (χ3n) is 2.94. The second kappa shape index (κ2) is 4.04. The van der Waals surface area contributed by atoms with E-state index >= 15 is 0 Å². The van der Waals surface area contributed by atoms with Gasteiger partial charge < -0.3 is 14.6 Å². The predicted octanol–water partition coefficient (Wildman–Crippen LogP) is 1.53. The lowest BCUT2D eigenvalue weighted by Crippen LogP contribution is -2.42. The average molecular weight is 236 g/mol. The highest BCUT2D eigenvalue weighted by molar-refractivity contribution is 5.78. The Bertz CT molecular complexity index is 451. The van der Waals surface area contributed by atoms with Gasteiger partial charge in [-0.3, -0.25) is 0 Å². The SMILES string of the molecule is CCOC(=O)[C@H]1Oc2ccc(C)cc2[C@@]1(C)O. The first-order chi connectivity index (χ1) is 7.96. The van der Waals surface area contributed by atoms with Crippen molar-refractivity contribution in [2.45, 2.75) is 32.5 Å². The maximum absolute atomic E-state index is 11.7. The Morgan fingerprint density at radius 2 is 2.29 bits per heavy atom. The van der Waals surface area contributed by atoms with E-state index in [1.54, 1.807) is 19.9 Å². The van der Waals surface area contributed by atoms with Crippen molar-refractivity contribution in [2.75, 3.05) is 6.61 Å². The molecule has 1 aromatic carbocycles. The molecule has 4 heteroatoms. The summed E-state index contributed by atoms with van der Waals surface area (Å²) >= 11 is 0. The van der Waals surface area contributed by atoms with Gasteiger partial charge in [-0.2, -0.15) is 0 Å². The highest BCUT2D eigenvalue weighted by atomic mass is 16.6. The van der Waals surface area contributed by atoms with Crippen molar-refractivity contribution in [3.8, 4) is 5.75 Å². The molecule has 2 atom stereocenters. The topological polar surface area (TPSA) is 55.8 Å². The summed E-state index contributed by atoms with van der Waals surface area (Å²) in [5.41, 5.74) is 0.306. The molecule has 2 rings (SSSR count). The molecule has 0 saturated carbocycles. The zero-order valence-electron chi connectivity index (χ0n) is 10.2. The number of carbonyl (C=O) groups is 1. The van der Waals surface area contributed by atoms with Crippen molar-refractivity contribution >= 4 is 5.97 Å². The fraction of sp³-hybridized carbons (Fsp3) is 0.462. The van der Waals surface area contributed by atoms with Crippen LogP contribution < -0.4 is 4.74 Å². The van der Waals surface area contributed by atoms with Gasteiger partial charge in [-0.1, -0.05) is 11.6 Å². The molecule has 17 heavy (non-hydrogen) atoms. The monoisotopic (exact) mass is 236 g/mol. The average Bonchev–Trinajstić information content (AvgIpc) is 2.51. The second-order valence-corrected chi connectivity index (χ2v) is 4.40. The molecule has 1 aliphatic rings. The Morgan fingerprint density at radius 1 is 1.59 bits per heavy atom. The summed E-state index contributed by atoms with van der Waals surface area (Å²) in [6, 6.07) is 5.47. The lowest BCUT2D eigenvalue weighted by atomic mass is 9.91. The van der Waals surface area contributed by atoms with Crippen LogP contribution in [0.25, 0.3) is 0 Å². The summed E-state index contributed by atoms with van der Waals surface area (Å²) < 4.78 is 10.4. The first kappa shape index (κ1) is 11.9. The molecule has 1 aliphatic heterocycles. The normalized spacial score (nSPS) is 26.2. The summed E-state index contributed by atoms with van der Waals surface area (Å²) in [5.74, 6) is 0.00464. The molecule has 92 valence electrons. The Morgan fingerprint density at radius 3 is 2.94 bits per heavy atom. The van der Waals surface area contributed by atoms with Gasteiger partial charge in [0.25, 0.3) is 0 Å². The Kier molecular flexibility index (Phi) is 2.83. The van der Waals surface area contributed by atoms with E-state index < -0.39 is 17.7 Å². The van der Waals surface area contributed by atoms with Gasteiger partial charge in [0.15, 0.2) is 0 Å². The molecule has 0 aliphatic carbocycles. The number of rotatable bonds is 2. The zero-order valence-corrected chi connectivity index (χ0v) is 10.2. The summed E-state index contributed by atoms with van der Waals surface area (Å²) in [5, 5.41) is 10.4. The molecule has 0 aromatic heterocycles. The molecule has 0 fully saturated rings. The first-order valence-electron chi connectivity index (χ1n) is 5.63. The first-order valence-corrected chi connectivity index (χ1v) is 5.63. The Balaban J connectivity index is 2.36. The van der Waals surface area contributed by atoms with Crippen molar-refractivity contribution in [1.29, 1.82) is 0 Å². The van der Waals surface area contributed by atoms with Gasteiger partial charge in [0.05, 0.1) is 6.61 Å². The van der Waals surface area contributed by atoms with Crippen LogP contribution in [-0.4, -0.2) is 23.8 Å². The van der Waals surface area contributed by atoms with Gasteiger partial charge in [0, 0.05) is 5.56 Å². The van der Waals surface area contributed by atoms with Crippen LogP contribution in [0.1, 0.15) is 25.0 Å². The fourth-order valence-corrected chi connectivity index (χ4v) is 2.02. The van der Waals surface area contributed by atoms with Crippen molar-refractivity contribution in [2.24, 2.45) is 0 Å². The lowest BCUT2D eigenvalue weighted by molar-refractivity contribution is -0.161. The van der Waals surface area contributed by atoms with Crippen molar-refractivity contribution in [3.05, 3.63) is 29.3 Å². The number of aliphatic hydroxyl groups is 1. The van der Waals surface area contributed by atoms with Crippen LogP contribution in [0.4, 0.5) is 0 Å². The number of ether oxygens (including phenoxy) is 2. The molecular formula is C13H16O4. The molecule has 1 aromatic rings. The van der Waals surface area contributed by atoms with E-state index in [1.165, 1.54) is 0 Å². The molecule has 0 radical (unpaired) electrons. The highest BCUT2D eigenvalue weighted by Crippen LogP contribution is 2.41. The van der Waals surface area contributed by atoms with Crippen LogP contribution in [0, 0.1) is 6.92 Å². The summed E-state index contributed by atoms with van der Waals surface area (Å²) in [6.45, 7) is 5.48. The van der Waals surface area contributed by atoms with Gasteiger partial charge in [0.2, 0.25) is 6.10 Å². The molecule has 0 bridgehead atoms. The van der Waals surface area contributed by atoms with Crippen LogP contribution in [0.3, 0.4) is 0 Å². The summed E-state index contributed by atoms with van der Waals surface area (Å²) in [6.07, 6.45) is -0.987. The Hall–Kier alpha value is -1.55. The number of hydrogen-bond donors (Lipinski definition) is 1. The minimum atomic E-state index is -1.34. The van der Waals surface area contributed by atoms with Gasteiger partial charge in [-0.25, -0.2) is 4.79 Å². The smallest absolute Gasteiger partial charge is 0.350 e. The minimum absolute atomic E-state index is 0.268. The number of hydrogen-bond acceptors (Lipinski definition) is 4. The zero-order chi connectivity index (χ0) is 12.6. The number of esters is 1. The van der Waals surface area contributed by atoms with Crippen molar-refractivity contribution < 1.29 is 19.4 Å². The van der Waals surface area contributed by atoms with Gasteiger partial charge in [-0.15, -0.1) is 0 Å². The van der Waals surface area contributed by atoms with Gasteiger partial charge in [0.1, 0.15) is 11.4 Å². The summed E-state index contributed by atoms with van der Waals surface area (Å²) in [4.78, 5) is 11.7. The number of carbonyl (C=O) groups excluding carboxylic acids is 1. The molecule has 0 saturated heterocycles. The van der Waals surface area contributed by atoms with E-state index in [1.807, 2.05) is 19.1 Å². The van der Waals surface area contributed by atoms with Crippen molar-refractivity contribution in [3.63, 3.8) is 0 Å². The highest BCUT2D eigenvalue weighted by Gasteiger charge is 2.49. The van der Waals surface area contributed by atoms with E-state index in [2.05, 4.69) is 0 Å². The van der Waals surface area contributed by atoms with E-state index in [0.29, 0.717) is 11.3 Å². The molecular weight excluding hydrogens is 220 g/mol. The lowest BCUT2D eigenvalue weighted by Gasteiger charge is -2.22. The molecule has 0 unspecified atom stereocenters. The number of fused-ring (bicyclic) bond motifs is 1. The largest absolute Gasteiger partial charge is 0.475 e. The quantitative estimate of drug-likeness (QED) is 0.791. The fourth-order valence-electron chi connectivity index (χ4n) is 2.02. The van der Waals surface area contributed by atoms with Crippen molar-refractivity contribution in [1.82, 2.24) is 0 Å². The molecule has 4 nitrogen and oxygen atoms in total. The molecule has 0 amide bonds. The third-order valence-corrected chi connectivity index (χ3v) is 2.94. The van der Waals surface area contributed by atoms with Crippen LogP contribution >= 0.6 is 0 Å². The van der Waals surface area contributed by atoms with Crippen LogP contribution in [-0.2, 0) is 15.1 Å². The minimum Gasteiger partial charge on any atom is -0.475 e. The third kappa shape index (κ3) is 1.89. The standard InChI is InChI=1S/C13H16O4/c1-4-16-12(14)11-13(3,15)9-7-8(2)5-6-10(9)17-11/h5-7,11,15H,4H2,1-3H3/t11-,13-/m1/s1. The van der Waals surface area contributed by atoms with E-state index in [4.69, 9.17) is 9.47 Å². The van der Waals surface area contributed by atoms with Crippen LogP contribution in [0.15, 0.2) is 18.2 Å². The molecule has 1 heterocycles. The maximum atomic E-state index is 11.7. The maximum Gasteiger partial charge on any atom is 0.350 e. The molecule has 1 N–H and O–H groups in total.